The first-order valence-corrected chi connectivity index (χ1v) is 9.07. The predicted molar refractivity (Wildman–Crippen MR) is 94.0 cm³/mol. The van der Waals surface area contributed by atoms with Crippen molar-refractivity contribution in [3.05, 3.63) is 35.2 Å². The number of halogens is 1. The van der Waals surface area contributed by atoms with E-state index in [0.717, 1.165) is 0 Å². The Kier molecular flexibility index (Phi) is 7.08. The van der Waals surface area contributed by atoms with Gasteiger partial charge < -0.3 is 20.3 Å². The minimum absolute atomic E-state index is 0.131. The number of hydrogen-bond acceptors (Lipinski definition) is 7. The van der Waals surface area contributed by atoms with E-state index in [-0.39, 0.29) is 12.5 Å². The fraction of sp³-hybridized carbons (Fsp3) is 0.333. The molecule has 3 N–H and O–H groups in total. The van der Waals surface area contributed by atoms with Crippen LogP contribution in [0.3, 0.4) is 0 Å². The Morgan fingerprint density at radius 1 is 1.48 bits per heavy atom. The van der Waals surface area contributed by atoms with Crippen molar-refractivity contribution < 1.29 is 18.8 Å². The van der Waals surface area contributed by atoms with Crippen molar-refractivity contribution in [2.75, 3.05) is 12.0 Å². The summed E-state index contributed by atoms with van der Waals surface area (Å²) in [6.45, 7) is -0.206. The van der Waals surface area contributed by atoms with Crippen LogP contribution in [0, 0.1) is 0 Å². The molecule has 0 fully saturated rings. The van der Waals surface area contributed by atoms with E-state index in [0.29, 0.717) is 28.6 Å². The van der Waals surface area contributed by atoms with Gasteiger partial charge in [-0.05, 0) is 30.6 Å². The zero-order valence-corrected chi connectivity index (χ0v) is 15.0. The molecule has 0 unspecified atom stereocenters. The number of hydrogen-bond donors (Lipinski definition) is 2. The maximum atomic E-state index is 12.1. The summed E-state index contributed by atoms with van der Waals surface area (Å²) in [5.41, 5.74) is 5.76. The van der Waals surface area contributed by atoms with Gasteiger partial charge in [0.05, 0.1) is 0 Å². The summed E-state index contributed by atoms with van der Waals surface area (Å²) in [4.78, 5) is 27.2. The number of carbonyl (C=O) groups is 2. The molecule has 2 rings (SSSR count). The molecule has 1 aromatic carbocycles. The first-order valence-electron chi connectivity index (χ1n) is 7.29. The second-order valence-electron chi connectivity index (χ2n) is 4.97. The fourth-order valence-electron chi connectivity index (χ4n) is 1.95. The summed E-state index contributed by atoms with van der Waals surface area (Å²) < 4.78 is 10.2. The Hall–Kier alpha value is -2.26. The Morgan fingerprint density at radius 2 is 2.28 bits per heavy atom. The van der Waals surface area contributed by atoms with Gasteiger partial charge in [-0.1, -0.05) is 28.9 Å². The summed E-state index contributed by atoms with van der Waals surface area (Å²) >= 11 is 7.46. The Morgan fingerprint density at radius 3 is 2.96 bits per heavy atom. The van der Waals surface area contributed by atoms with Crippen LogP contribution in [-0.2, 0) is 16.1 Å². The van der Waals surface area contributed by atoms with Crippen LogP contribution in [0.4, 0.5) is 4.79 Å². The van der Waals surface area contributed by atoms with Crippen molar-refractivity contribution in [2.24, 2.45) is 5.73 Å². The third-order valence-electron chi connectivity index (χ3n) is 3.10. The molecule has 0 saturated carbocycles. The lowest BCUT2D eigenvalue weighted by molar-refractivity contribution is -0.148. The smallest absolute Gasteiger partial charge is 0.329 e. The maximum Gasteiger partial charge on any atom is 0.329 e. The third kappa shape index (κ3) is 5.95. The van der Waals surface area contributed by atoms with Crippen LogP contribution in [0.1, 0.15) is 12.3 Å². The van der Waals surface area contributed by atoms with Gasteiger partial charge in [0, 0.05) is 10.6 Å². The average molecular weight is 385 g/mol. The van der Waals surface area contributed by atoms with E-state index >= 15 is 0 Å². The normalized spacial score (nSPS) is 11.8. The summed E-state index contributed by atoms with van der Waals surface area (Å²) in [5.74, 6) is 0.517. The Bertz CT molecular complexity index is 740. The number of amides is 2. The number of nitrogens with zero attached hydrogens (tertiary/aromatic N) is 2. The van der Waals surface area contributed by atoms with Gasteiger partial charge in [-0.15, -0.1) is 0 Å². The van der Waals surface area contributed by atoms with Gasteiger partial charge >= 0.3 is 12.0 Å². The van der Waals surface area contributed by atoms with E-state index in [4.69, 9.17) is 26.6 Å². The number of ether oxygens (including phenoxy) is 1. The lowest BCUT2D eigenvalue weighted by Gasteiger charge is -2.15. The van der Waals surface area contributed by atoms with Crippen LogP contribution < -0.4 is 11.1 Å². The van der Waals surface area contributed by atoms with E-state index in [1.807, 2.05) is 6.26 Å². The van der Waals surface area contributed by atoms with Crippen LogP contribution in [0.5, 0.6) is 0 Å². The van der Waals surface area contributed by atoms with Crippen LogP contribution in [0.25, 0.3) is 11.4 Å². The molecule has 25 heavy (non-hydrogen) atoms. The summed E-state index contributed by atoms with van der Waals surface area (Å²) in [6.07, 6.45) is 2.29. The molecule has 8 nitrogen and oxygen atoms in total. The molecule has 2 amide bonds. The Labute approximate surface area is 153 Å². The number of esters is 1. The van der Waals surface area contributed by atoms with Crippen LogP contribution >= 0.6 is 23.4 Å². The monoisotopic (exact) mass is 384 g/mol. The zero-order valence-electron chi connectivity index (χ0n) is 13.4. The van der Waals surface area contributed by atoms with Crippen LogP contribution in [0.2, 0.25) is 5.02 Å². The molecule has 0 aliphatic heterocycles. The molecule has 0 spiro atoms. The van der Waals surface area contributed by atoms with E-state index in [1.165, 1.54) is 11.8 Å². The molecule has 0 aliphatic carbocycles. The summed E-state index contributed by atoms with van der Waals surface area (Å²) in [6, 6.07) is 5.36. The minimum atomic E-state index is -0.819. The number of aromatic nitrogens is 2. The molecule has 2 aromatic rings. The Balaban J connectivity index is 1.95. The standard InChI is InChI=1S/C15H17ClN4O4S/c1-25-6-5-11(18-15(17)22)14(21)23-8-12-19-13(20-24-12)9-3-2-4-10(16)7-9/h2-4,7,11H,5-6,8H2,1H3,(H3,17,18,22)/t11-/m0/s1. The molecule has 0 aliphatic rings. The third-order valence-corrected chi connectivity index (χ3v) is 3.98. The van der Waals surface area contributed by atoms with Crippen molar-refractivity contribution in [1.82, 2.24) is 15.5 Å². The number of thioether (sulfide) groups is 1. The molecule has 1 atom stereocenters. The highest BCUT2D eigenvalue weighted by atomic mass is 35.5. The molecule has 0 radical (unpaired) electrons. The largest absolute Gasteiger partial charge is 0.454 e. The molecule has 0 saturated heterocycles. The molecule has 1 heterocycles. The SMILES string of the molecule is CSCC[C@H](NC(N)=O)C(=O)OCc1nc(-c2cccc(Cl)c2)no1. The van der Waals surface area contributed by atoms with Gasteiger partial charge in [-0.3, -0.25) is 0 Å². The number of carbonyl (C=O) groups excluding carboxylic acids is 2. The summed E-state index contributed by atoms with van der Waals surface area (Å²) in [5, 5.41) is 6.72. The van der Waals surface area contributed by atoms with E-state index in [1.54, 1.807) is 24.3 Å². The highest BCUT2D eigenvalue weighted by Gasteiger charge is 2.22. The van der Waals surface area contributed by atoms with Crippen LogP contribution in [-0.4, -0.2) is 40.2 Å². The van der Waals surface area contributed by atoms with Gasteiger partial charge in [0.15, 0.2) is 6.61 Å². The molecule has 10 heteroatoms. The van der Waals surface area contributed by atoms with Crippen molar-refractivity contribution >= 4 is 35.4 Å². The number of nitrogens with two attached hydrogens (primary N) is 1. The van der Waals surface area contributed by atoms with E-state index < -0.39 is 18.0 Å². The average Bonchev–Trinajstić information content (AvgIpc) is 3.05. The summed E-state index contributed by atoms with van der Waals surface area (Å²) in [7, 11) is 0. The second kappa shape index (κ2) is 9.28. The highest BCUT2D eigenvalue weighted by Crippen LogP contribution is 2.20. The molecular formula is C15H17ClN4O4S. The van der Waals surface area contributed by atoms with Gasteiger partial charge in [-0.25, -0.2) is 9.59 Å². The predicted octanol–water partition coefficient (Wildman–Crippen LogP) is 2.22. The maximum absolute atomic E-state index is 12.1. The minimum Gasteiger partial charge on any atom is -0.454 e. The topological polar surface area (TPSA) is 120 Å². The van der Waals surface area contributed by atoms with Gasteiger partial charge in [0.25, 0.3) is 5.89 Å². The van der Waals surface area contributed by atoms with Crippen molar-refractivity contribution in [3.63, 3.8) is 0 Å². The highest BCUT2D eigenvalue weighted by molar-refractivity contribution is 7.98. The van der Waals surface area contributed by atoms with Crippen LogP contribution in [0.15, 0.2) is 28.8 Å². The fourth-order valence-corrected chi connectivity index (χ4v) is 2.61. The molecular weight excluding hydrogens is 368 g/mol. The number of rotatable bonds is 8. The number of primary amides is 1. The quantitative estimate of drug-likeness (QED) is 0.669. The second-order valence-corrected chi connectivity index (χ2v) is 6.39. The van der Waals surface area contributed by atoms with Crippen molar-refractivity contribution in [1.29, 1.82) is 0 Å². The van der Waals surface area contributed by atoms with Crippen molar-refractivity contribution in [2.45, 2.75) is 19.1 Å². The molecule has 1 aromatic heterocycles. The first-order chi connectivity index (χ1) is 12.0. The first kappa shape index (κ1) is 19.1. The van der Waals surface area contributed by atoms with Gasteiger partial charge in [-0.2, -0.15) is 16.7 Å². The number of benzene rings is 1. The van der Waals surface area contributed by atoms with Gasteiger partial charge in [0.1, 0.15) is 6.04 Å². The zero-order chi connectivity index (χ0) is 18.2. The van der Waals surface area contributed by atoms with Crippen molar-refractivity contribution in [3.8, 4) is 11.4 Å². The lowest BCUT2D eigenvalue weighted by Crippen LogP contribution is -2.44. The molecule has 0 bridgehead atoms. The van der Waals surface area contributed by atoms with E-state index in [9.17, 15) is 9.59 Å². The number of nitrogens with one attached hydrogen (secondary N) is 1. The van der Waals surface area contributed by atoms with E-state index in [2.05, 4.69) is 15.5 Å². The lowest BCUT2D eigenvalue weighted by atomic mass is 10.2. The molecule has 134 valence electrons. The number of urea groups is 1. The van der Waals surface area contributed by atoms with Gasteiger partial charge in [0.2, 0.25) is 5.82 Å².